The Morgan fingerprint density at radius 2 is 1.90 bits per heavy atom. The molecule has 4 rings (SSSR count). The van der Waals surface area contributed by atoms with Crippen LogP contribution in [0, 0.1) is 13.8 Å². The van der Waals surface area contributed by atoms with Crippen molar-refractivity contribution in [1.82, 2.24) is 19.8 Å². The number of hydrogen-bond acceptors (Lipinski definition) is 3. The van der Waals surface area contributed by atoms with Gasteiger partial charge in [0.1, 0.15) is 0 Å². The maximum absolute atomic E-state index is 12.7. The molecule has 0 bridgehead atoms. The van der Waals surface area contributed by atoms with Crippen LogP contribution in [0.1, 0.15) is 41.1 Å². The van der Waals surface area contributed by atoms with Crippen molar-refractivity contribution >= 4 is 28.9 Å². The fourth-order valence-corrected chi connectivity index (χ4v) is 4.38. The van der Waals surface area contributed by atoms with Gasteiger partial charge in [0, 0.05) is 43.3 Å². The van der Waals surface area contributed by atoms with Crippen molar-refractivity contribution in [3.05, 3.63) is 83.4 Å². The number of nitrogens with zero attached hydrogens (tertiary/aromatic N) is 3. The second kappa shape index (κ2) is 8.89. The van der Waals surface area contributed by atoms with Gasteiger partial charge in [-0.15, -0.1) is 0 Å². The van der Waals surface area contributed by atoms with Crippen LogP contribution >= 0.6 is 12.2 Å². The fraction of sp³-hybridized carbons (Fsp3) is 0.292. The highest BCUT2D eigenvalue weighted by molar-refractivity contribution is 7.80. The summed E-state index contributed by atoms with van der Waals surface area (Å²) in [6, 6.07) is 17.8. The van der Waals surface area contributed by atoms with Crippen molar-refractivity contribution < 1.29 is 4.79 Å². The van der Waals surface area contributed by atoms with Gasteiger partial charge in [-0.3, -0.25) is 9.78 Å². The van der Waals surface area contributed by atoms with E-state index >= 15 is 0 Å². The van der Waals surface area contributed by atoms with E-state index in [1.807, 2.05) is 49.4 Å². The molecule has 2 N–H and O–H groups in total. The average molecular weight is 434 g/mol. The molecule has 3 aromatic rings. The number of aryl methyl sites for hydroxylation is 2. The summed E-state index contributed by atoms with van der Waals surface area (Å²) in [5.74, 6) is -0.0276. The number of nitrogens with one attached hydrogen (secondary N) is 2. The van der Waals surface area contributed by atoms with Gasteiger partial charge < -0.3 is 20.1 Å². The standard InChI is InChI=1S/C24H27N5OS/c1-16-8-4-5-9-18(16)26-21(30)13-15-29-23(20-12-11-17(2)28(20)3)22(27-24(29)31)19-10-6-7-14-25-19/h4-12,14,22-23H,13,15H2,1-3H3,(H,26,30)(H,27,31)/t22-,23+/m0/s1. The lowest BCUT2D eigenvalue weighted by atomic mass is 10.0. The number of carbonyl (C=O) groups excluding carboxylic acids is 1. The Balaban J connectivity index is 1.56. The monoisotopic (exact) mass is 433 g/mol. The lowest BCUT2D eigenvalue weighted by Gasteiger charge is -2.28. The number of thiocarbonyl (C=S) groups is 1. The molecule has 6 nitrogen and oxygen atoms in total. The molecule has 7 heteroatoms. The number of benzene rings is 1. The van der Waals surface area contributed by atoms with Crippen LogP contribution in [0.2, 0.25) is 0 Å². The molecule has 1 aliphatic rings. The van der Waals surface area contributed by atoms with E-state index in [-0.39, 0.29) is 18.0 Å². The van der Waals surface area contributed by atoms with Gasteiger partial charge in [0.2, 0.25) is 5.91 Å². The van der Waals surface area contributed by atoms with E-state index in [2.05, 4.69) is 51.2 Å². The Morgan fingerprint density at radius 3 is 2.58 bits per heavy atom. The van der Waals surface area contributed by atoms with E-state index in [1.165, 1.54) is 5.69 Å². The zero-order valence-corrected chi connectivity index (χ0v) is 18.8. The first-order valence-electron chi connectivity index (χ1n) is 10.4. The van der Waals surface area contributed by atoms with E-state index in [0.717, 1.165) is 22.6 Å². The number of carbonyl (C=O) groups is 1. The minimum absolute atomic E-state index is 0.0276. The van der Waals surface area contributed by atoms with Gasteiger partial charge in [0.05, 0.1) is 17.8 Å². The third-order valence-electron chi connectivity index (χ3n) is 5.91. The SMILES string of the molecule is Cc1ccccc1NC(=O)CCN1C(=S)N[C@@H](c2ccccn2)[C@H]1c1ccc(C)n1C. The first kappa shape index (κ1) is 21.1. The molecule has 0 radical (unpaired) electrons. The normalized spacial score (nSPS) is 18.2. The Morgan fingerprint density at radius 1 is 1.13 bits per heavy atom. The number of rotatable bonds is 6. The van der Waals surface area contributed by atoms with Gasteiger partial charge in [-0.25, -0.2) is 0 Å². The molecule has 2 atom stereocenters. The summed E-state index contributed by atoms with van der Waals surface area (Å²) in [5, 5.41) is 7.09. The van der Waals surface area contributed by atoms with E-state index in [1.54, 1.807) is 6.20 Å². The summed E-state index contributed by atoms with van der Waals surface area (Å²) in [6.07, 6.45) is 2.14. The molecule has 1 fully saturated rings. The Labute approximate surface area is 188 Å². The minimum atomic E-state index is -0.0823. The van der Waals surface area contributed by atoms with Crippen molar-refractivity contribution in [3.63, 3.8) is 0 Å². The first-order chi connectivity index (χ1) is 15.0. The van der Waals surface area contributed by atoms with Crippen LogP contribution in [0.4, 0.5) is 5.69 Å². The molecule has 1 aliphatic heterocycles. The zero-order valence-electron chi connectivity index (χ0n) is 18.0. The number of anilines is 1. The fourth-order valence-electron chi connectivity index (χ4n) is 4.05. The summed E-state index contributed by atoms with van der Waals surface area (Å²) in [6.45, 7) is 4.59. The molecular formula is C24H27N5OS. The number of para-hydroxylation sites is 1. The van der Waals surface area contributed by atoms with Gasteiger partial charge in [-0.05, 0) is 62.0 Å². The topological polar surface area (TPSA) is 62.2 Å². The van der Waals surface area contributed by atoms with Gasteiger partial charge >= 0.3 is 0 Å². The predicted molar refractivity (Wildman–Crippen MR) is 127 cm³/mol. The Hall–Kier alpha value is -3.19. The van der Waals surface area contributed by atoms with Crippen LogP contribution < -0.4 is 10.6 Å². The minimum Gasteiger partial charge on any atom is -0.352 e. The van der Waals surface area contributed by atoms with Gasteiger partial charge in [0.15, 0.2) is 5.11 Å². The van der Waals surface area contributed by atoms with Crippen LogP contribution in [-0.4, -0.2) is 32.0 Å². The van der Waals surface area contributed by atoms with Crippen molar-refractivity contribution in [2.75, 3.05) is 11.9 Å². The summed E-state index contributed by atoms with van der Waals surface area (Å²) in [4.78, 5) is 19.4. The third-order valence-corrected chi connectivity index (χ3v) is 6.26. The molecule has 0 saturated carbocycles. The highest BCUT2D eigenvalue weighted by Gasteiger charge is 2.41. The summed E-state index contributed by atoms with van der Waals surface area (Å²) in [5.41, 5.74) is 5.13. The van der Waals surface area contributed by atoms with Crippen LogP contribution in [0.25, 0.3) is 0 Å². The number of pyridine rings is 1. The highest BCUT2D eigenvalue weighted by atomic mass is 32.1. The molecule has 1 aromatic carbocycles. The second-order valence-corrected chi connectivity index (χ2v) is 8.28. The molecule has 1 amide bonds. The molecule has 0 unspecified atom stereocenters. The van der Waals surface area contributed by atoms with Crippen LogP contribution in [0.3, 0.4) is 0 Å². The third kappa shape index (κ3) is 4.32. The number of hydrogen-bond donors (Lipinski definition) is 2. The van der Waals surface area contributed by atoms with Crippen molar-refractivity contribution in [2.24, 2.45) is 7.05 Å². The molecule has 3 heterocycles. The summed E-state index contributed by atoms with van der Waals surface area (Å²) < 4.78 is 2.18. The maximum atomic E-state index is 12.7. The van der Waals surface area contributed by atoms with Gasteiger partial charge in [-0.2, -0.15) is 0 Å². The molecule has 1 saturated heterocycles. The second-order valence-electron chi connectivity index (χ2n) is 7.89. The Bertz CT molecular complexity index is 1090. The van der Waals surface area contributed by atoms with Crippen molar-refractivity contribution in [2.45, 2.75) is 32.4 Å². The zero-order chi connectivity index (χ0) is 22.0. The summed E-state index contributed by atoms with van der Waals surface area (Å²) in [7, 11) is 2.06. The van der Waals surface area contributed by atoms with Crippen molar-refractivity contribution in [1.29, 1.82) is 0 Å². The van der Waals surface area contributed by atoms with Crippen LogP contribution in [0.15, 0.2) is 60.8 Å². The lowest BCUT2D eigenvalue weighted by Crippen LogP contribution is -2.33. The van der Waals surface area contributed by atoms with E-state index in [9.17, 15) is 4.79 Å². The largest absolute Gasteiger partial charge is 0.352 e. The summed E-state index contributed by atoms with van der Waals surface area (Å²) >= 11 is 5.69. The molecule has 0 aliphatic carbocycles. The van der Waals surface area contributed by atoms with Crippen LogP contribution in [-0.2, 0) is 11.8 Å². The van der Waals surface area contributed by atoms with E-state index < -0.39 is 0 Å². The van der Waals surface area contributed by atoms with Gasteiger partial charge in [0.25, 0.3) is 0 Å². The highest BCUT2D eigenvalue weighted by Crippen LogP contribution is 2.39. The quantitative estimate of drug-likeness (QED) is 0.575. The van der Waals surface area contributed by atoms with Crippen molar-refractivity contribution in [3.8, 4) is 0 Å². The molecule has 160 valence electrons. The molecule has 0 spiro atoms. The number of amides is 1. The smallest absolute Gasteiger partial charge is 0.226 e. The maximum Gasteiger partial charge on any atom is 0.226 e. The molecule has 31 heavy (non-hydrogen) atoms. The lowest BCUT2D eigenvalue weighted by molar-refractivity contribution is -0.116. The van der Waals surface area contributed by atoms with Crippen LogP contribution in [0.5, 0.6) is 0 Å². The predicted octanol–water partition coefficient (Wildman–Crippen LogP) is 4.04. The first-order valence-corrected chi connectivity index (χ1v) is 10.8. The molecular weight excluding hydrogens is 406 g/mol. The van der Waals surface area contributed by atoms with E-state index in [0.29, 0.717) is 18.1 Å². The average Bonchev–Trinajstić information content (AvgIpc) is 3.27. The number of aromatic nitrogens is 2. The molecule has 2 aromatic heterocycles. The Kier molecular flexibility index (Phi) is 6.04. The van der Waals surface area contributed by atoms with E-state index in [4.69, 9.17) is 12.2 Å². The van der Waals surface area contributed by atoms with Gasteiger partial charge in [-0.1, -0.05) is 24.3 Å².